The Bertz CT molecular complexity index is 467. The molecule has 0 aromatic heterocycles. The molecule has 0 radical (unpaired) electrons. The third kappa shape index (κ3) is 6.76. The van der Waals surface area contributed by atoms with E-state index in [9.17, 15) is 4.39 Å². The number of halogens is 1. The first kappa shape index (κ1) is 18.2. The van der Waals surface area contributed by atoms with Crippen molar-refractivity contribution < 1.29 is 13.9 Å². The van der Waals surface area contributed by atoms with E-state index in [1.807, 2.05) is 13.0 Å². The van der Waals surface area contributed by atoms with E-state index in [2.05, 4.69) is 15.6 Å². The Hall–Kier alpha value is -1.82. The molecule has 0 fully saturated rings. The van der Waals surface area contributed by atoms with Crippen LogP contribution in [0.3, 0.4) is 0 Å². The zero-order chi connectivity index (χ0) is 16.2. The SMILES string of the molecule is CCOCCCCNC(=NC)NCc1ccc(OC)c(F)c1. The number of ether oxygens (including phenoxy) is 2. The molecule has 0 aliphatic carbocycles. The van der Waals surface area contributed by atoms with Gasteiger partial charge in [0.05, 0.1) is 7.11 Å². The molecule has 0 heterocycles. The summed E-state index contributed by atoms with van der Waals surface area (Å²) in [5, 5.41) is 6.37. The lowest BCUT2D eigenvalue weighted by Gasteiger charge is -2.12. The maximum Gasteiger partial charge on any atom is 0.191 e. The number of nitrogens with zero attached hydrogens (tertiary/aromatic N) is 1. The van der Waals surface area contributed by atoms with Crippen LogP contribution in [0.15, 0.2) is 23.2 Å². The van der Waals surface area contributed by atoms with Crippen LogP contribution < -0.4 is 15.4 Å². The molecule has 0 aliphatic rings. The lowest BCUT2D eigenvalue weighted by atomic mass is 10.2. The molecule has 0 bridgehead atoms. The molecule has 6 heteroatoms. The Balaban J connectivity index is 2.30. The topological polar surface area (TPSA) is 54.9 Å². The molecule has 5 nitrogen and oxygen atoms in total. The van der Waals surface area contributed by atoms with Gasteiger partial charge in [0.2, 0.25) is 0 Å². The summed E-state index contributed by atoms with van der Waals surface area (Å²) in [4.78, 5) is 4.14. The van der Waals surface area contributed by atoms with Crippen LogP contribution >= 0.6 is 0 Å². The number of unbranched alkanes of at least 4 members (excludes halogenated alkanes) is 1. The standard InChI is InChI=1S/C16H26FN3O2/c1-4-22-10-6-5-9-19-16(18-2)20-12-13-7-8-15(21-3)14(17)11-13/h7-8,11H,4-6,9-10,12H2,1-3H3,(H2,18,19,20). The Morgan fingerprint density at radius 3 is 2.73 bits per heavy atom. The summed E-state index contributed by atoms with van der Waals surface area (Å²) in [6.07, 6.45) is 2.03. The molecule has 0 unspecified atom stereocenters. The molecule has 1 aromatic rings. The minimum absolute atomic E-state index is 0.251. The van der Waals surface area contributed by atoms with Crippen molar-refractivity contribution in [2.75, 3.05) is 33.9 Å². The van der Waals surface area contributed by atoms with Crippen LogP contribution in [0.4, 0.5) is 4.39 Å². The lowest BCUT2D eigenvalue weighted by molar-refractivity contribution is 0.143. The number of guanidine groups is 1. The fraction of sp³-hybridized carbons (Fsp3) is 0.562. The summed E-state index contributed by atoms with van der Waals surface area (Å²) in [7, 11) is 3.16. The Morgan fingerprint density at radius 1 is 1.27 bits per heavy atom. The van der Waals surface area contributed by atoms with Crippen LogP contribution in [0.1, 0.15) is 25.3 Å². The third-order valence-corrected chi connectivity index (χ3v) is 3.11. The Labute approximate surface area is 131 Å². The monoisotopic (exact) mass is 311 g/mol. The average Bonchev–Trinajstić information content (AvgIpc) is 2.53. The quantitative estimate of drug-likeness (QED) is 0.417. The highest BCUT2D eigenvalue weighted by atomic mass is 19.1. The van der Waals surface area contributed by atoms with Gasteiger partial charge in [-0.25, -0.2) is 4.39 Å². The second kappa shape index (κ2) is 10.8. The van der Waals surface area contributed by atoms with Gasteiger partial charge in [-0.3, -0.25) is 4.99 Å². The van der Waals surface area contributed by atoms with Crippen molar-refractivity contribution >= 4 is 5.96 Å². The van der Waals surface area contributed by atoms with Gasteiger partial charge in [-0.05, 0) is 37.5 Å². The van der Waals surface area contributed by atoms with Crippen molar-refractivity contribution in [2.24, 2.45) is 4.99 Å². The third-order valence-electron chi connectivity index (χ3n) is 3.11. The number of nitrogens with one attached hydrogen (secondary N) is 2. The number of hydrogen-bond donors (Lipinski definition) is 2. The van der Waals surface area contributed by atoms with Crippen molar-refractivity contribution in [3.05, 3.63) is 29.6 Å². The highest BCUT2D eigenvalue weighted by Crippen LogP contribution is 2.17. The van der Waals surface area contributed by atoms with Crippen molar-refractivity contribution in [3.8, 4) is 5.75 Å². The van der Waals surface area contributed by atoms with Gasteiger partial charge in [-0.1, -0.05) is 6.07 Å². The van der Waals surface area contributed by atoms with Crippen molar-refractivity contribution in [2.45, 2.75) is 26.3 Å². The molecule has 0 saturated heterocycles. The van der Waals surface area contributed by atoms with E-state index < -0.39 is 0 Å². The van der Waals surface area contributed by atoms with Crippen molar-refractivity contribution in [3.63, 3.8) is 0 Å². The molecular weight excluding hydrogens is 285 g/mol. The number of aliphatic imine (C=N–C) groups is 1. The van der Waals surface area contributed by atoms with Crippen LogP contribution in [-0.4, -0.2) is 39.9 Å². The van der Waals surface area contributed by atoms with E-state index in [0.29, 0.717) is 12.5 Å². The molecule has 0 aliphatic heterocycles. The largest absolute Gasteiger partial charge is 0.494 e. The Morgan fingerprint density at radius 2 is 2.09 bits per heavy atom. The van der Waals surface area contributed by atoms with E-state index in [-0.39, 0.29) is 11.6 Å². The predicted molar refractivity (Wildman–Crippen MR) is 86.9 cm³/mol. The van der Waals surface area contributed by atoms with E-state index >= 15 is 0 Å². The normalized spacial score (nSPS) is 11.4. The zero-order valence-corrected chi connectivity index (χ0v) is 13.6. The van der Waals surface area contributed by atoms with E-state index in [4.69, 9.17) is 9.47 Å². The van der Waals surface area contributed by atoms with Gasteiger partial charge in [0, 0.05) is 33.4 Å². The van der Waals surface area contributed by atoms with Crippen LogP contribution in [-0.2, 0) is 11.3 Å². The van der Waals surface area contributed by atoms with Crippen LogP contribution in [0.2, 0.25) is 0 Å². The zero-order valence-electron chi connectivity index (χ0n) is 13.6. The van der Waals surface area contributed by atoms with Gasteiger partial charge in [-0.15, -0.1) is 0 Å². The van der Waals surface area contributed by atoms with Crippen molar-refractivity contribution in [1.29, 1.82) is 0 Å². The van der Waals surface area contributed by atoms with E-state index in [0.717, 1.165) is 38.2 Å². The smallest absolute Gasteiger partial charge is 0.191 e. The molecule has 0 spiro atoms. The average molecular weight is 311 g/mol. The fourth-order valence-electron chi connectivity index (χ4n) is 1.91. The first-order valence-electron chi connectivity index (χ1n) is 7.56. The fourth-order valence-corrected chi connectivity index (χ4v) is 1.91. The van der Waals surface area contributed by atoms with Gasteiger partial charge in [0.15, 0.2) is 17.5 Å². The molecule has 0 atom stereocenters. The summed E-state index contributed by atoms with van der Waals surface area (Å²) in [5.74, 6) is 0.592. The lowest BCUT2D eigenvalue weighted by Crippen LogP contribution is -2.37. The maximum atomic E-state index is 13.6. The molecule has 124 valence electrons. The second-order valence-corrected chi connectivity index (χ2v) is 4.73. The van der Waals surface area contributed by atoms with Gasteiger partial charge in [0.1, 0.15) is 0 Å². The van der Waals surface area contributed by atoms with Gasteiger partial charge < -0.3 is 20.1 Å². The summed E-state index contributed by atoms with van der Waals surface area (Å²) in [6.45, 7) is 4.86. The predicted octanol–water partition coefficient (Wildman–Crippen LogP) is 2.32. The summed E-state index contributed by atoms with van der Waals surface area (Å²) in [5.41, 5.74) is 0.831. The number of methoxy groups -OCH3 is 1. The van der Waals surface area contributed by atoms with Crippen molar-refractivity contribution in [1.82, 2.24) is 10.6 Å². The second-order valence-electron chi connectivity index (χ2n) is 4.73. The van der Waals surface area contributed by atoms with Crippen LogP contribution in [0, 0.1) is 5.82 Å². The van der Waals surface area contributed by atoms with Crippen LogP contribution in [0.25, 0.3) is 0 Å². The highest BCUT2D eigenvalue weighted by molar-refractivity contribution is 5.79. The number of benzene rings is 1. The molecule has 2 N–H and O–H groups in total. The highest BCUT2D eigenvalue weighted by Gasteiger charge is 2.04. The minimum Gasteiger partial charge on any atom is -0.494 e. The summed E-state index contributed by atoms with van der Waals surface area (Å²) < 4.78 is 23.8. The Kier molecular flexibility index (Phi) is 8.98. The minimum atomic E-state index is -0.360. The number of hydrogen-bond acceptors (Lipinski definition) is 3. The van der Waals surface area contributed by atoms with Gasteiger partial charge in [-0.2, -0.15) is 0 Å². The summed E-state index contributed by atoms with van der Waals surface area (Å²) >= 11 is 0. The van der Waals surface area contributed by atoms with E-state index in [1.54, 1.807) is 13.1 Å². The van der Waals surface area contributed by atoms with Gasteiger partial charge in [0.25, 0.3) is 0 Å². The van der Waals surface area contributed by atoms with Gasteiger partial charge >= 0.3 is 0 Å². The molecular formula is C16H26FN3O2. The first-order valence-corrected chi connectivity index (χ1v) is 7.56. The summed E-state index contributed by atoms with van der Waals surface area (Å²) in [6, 6.07) is 4.90. The maximum absolute atomic E-state index is 13.6. The first-order chi connectivity index (χ1) is 10.7. The number of rotatable bonds is 9. The molecule has 22 heavy (non-hydrogen) atoms. The van der Waals surface area contributed by atoms with Crippen LogP contribution in [0.5, 0.6) is 5.75 Å². The molecule has 1 rings (SSSR count). The molecule has 0 amide bonds. The molecule has 0 saturated carbocycles. The molecule has 1 aromatic carbocycles. The van der Waals surface area contributed by atoms with E-state index in [1.165, 1.54) is 13.2 Å².